The van der Waals surface area contributed by atoms with E-state index in [0.717, 1.165) is 33.7 Å². The third-order valence-corrected chi connectivity index (χ3v) is 3.21. The van der Waals surface area contributed by atoms with Gasteiger partial charge in [-0.2, -0.15) is 0 Å². The van der Waals surface area contributed by atoms with Gasteiger partial charge in [-0.05, 0) is 11.6 Å². The molecule has 1 N–H and O–H groups in total. The highest BCUT2D eigenvalue weighted by atomic mass is 16.5. The number of hydrogen-bond acceptors (Lipinski definition) is 2. The first-order valence-electron chi connectivity index (χ1n) is 6.12. The van der Waals surface area contributed by atoms with Crippen LogP contribution in [0.25, 0.3) is 22.2 Å². The normalized spacial score (nSPS) is 10.6. The molecule has 0 amide bonds. The number of methoxy groups -OCH3 is 2. The van der Waals surface area contributed by atoms with E-state index in [0.29, 0.717) is 0 Å². The summed E-state index contributed by atoms with van der Waals surface area (Å²) in [5.41, 5.74) is 3.23. The van der Waals surface area contributed by atoms with E-state index >= 15 is 0 Å². The van der Waals surface area contributed by atoms with Crippen LogP contribution in [-0.4, -0.2) is 19.2 Å². The van der Waals surface area contributed by atoms with Crippen LogP contribution in [0.15, 0.2) is 48.5 Å². The Morgan fingerprint density at radius 1 is 0.895 bits per heavy atom. The van der Waals surface area contributed by atoms with Gasteiger partial charge in [-0.1, -0.05) is 30.3 Å². The zero-order valence-corrected chi connectivity index (χ0v) is 10.9. The zero-order valence-electron chi connectivity index (χ0n) is 10.9. The molecule has 0 radical (unpaired) electrons. The first-order valence-corrected chi connectivity index (χ1v) is 6.12. The molecule has 0 spiro atoms. The van der Waals surface area contributed by atoms with E-state index in [1.807, 2.05) is 30.3 Å². The van der Waals surface area contributed by atoms with Gasteiger partial charge in [0.2, 0.25) is 0 Å². The molecule has 3 rings (SSSR count). The Balaban J connectivity index is 2.20. The van der Waals surface area contributed by atoms with Crippen molar-refractivity contribution >= 4 is 10.9 Å². The third-order valence-electron chi connectivity index (χ3n) is 3.21. The quantitative estimate of drug-likeness (QED) is 0.769. The molecule has 96 valence electrons. The highest BCUT2D eigenvalue weighted by Gasteiger charge is 2.09. The van der Waals surface area contributed by atoms with Crippen molar-refractivity contribution in [1.82, 2.24) is 4.98 Å². The second-order valence-corrected chi connectivity index (χ2v) is 4.34. The third kappa shape index (κ3) is 2.03. The lowest BCUT2D eigenvalue weighted by Gasteiger charge is -2.04. The van der Waals surface area contributed by atoms with Gasteiger partial charge >= 0.3 is 0 Å². The molecule has 0 saturated heterocycles. The fraction of sp³-hybridized carbons (Fsp3) is 0.125. The predicted octanol–water partition coefficient (Wildman–Crippen LogP) is 3.85. The molecule has 0 aliphatic carbocycles. The summed E-state index contributed by atoms with van der Waals surface area (Å²) in [5, 5.41) is 1.06. The molecule has 0 saturated carbocycles. The summed E-state index contributed by atoms with van der Waals surface area (Å²) in [6.07, 6.45) is 0. The van der Waals surface area contributed by atoms with Crippen LogP contribution in [0.4, 0.5) is 0 Å². The van der Waals surface area contributed by atoms with E-state index in [1.165, 1.54) is 0 Å². The van der Waals surface area contributed by atoms with Crippen molar-refractivity contribution in [2.75, 3.05) is 14.2 Å². The summed E-state index contributed by atoms with van der Waals surface area (Å²) >= 11 is 0. The maximum absolute atomic E-state index is 5.42. The van der Waals surface area contributed by atoms with Gasteiger partial charge in [0.1, 0.15) is 11.5 Å². The number of benzene rings is 2. The Morgan fingerprint density at radius 3 is 2.37 bits per heavy atom. The Bertz CT molecular complexity index is 701. The van der Waals surface area contributed by atoms with Crippen LogP contribution in [0.1, 0.15) is 0 Å². The second-order valence-electron chi connectivity index (χ2n) is 4.34. The van der Waals surface area contributed by atoms with Gasteiger partial charge in [0.05, 0.1) is 19.7 Å². The van der Waals surface area contributed by atoms with Crippen LogP contribution in [0.5, 0.6) is 11.5 Å². The van der Waals surface area contributed by atoms with E-state index in [1.54, 1.807) is 14.2 Å². The number of aromatic nitrogens is 1. The molecule has 0 aliphatic rings. The number of fused-ring (bicyclic) bond motifs is 1. The van der Waals surface area contributed by atoms with E-state index < -0.39 is 0 Å². The topological polar surface area (TPSA) is 34.2 Å². The minimum Gasteiger partial charge on any atom is -0.497 e. The van der Waals surface area contributed by atoms with Crippen molar-refractivity contribution in [3.05, 3.63) is 48.5 Å². The molecule has 3 heteroatoms. The lowest BCUT2D eigenvalue weighted by atomic mass is 10.1. The molecule has 0 atom stereocenters. The summed E-state index contributed by atoms with van der Waals surface area (Å²) in [7, 11) is 3.32. The van der Waals surface area contributed by atoms with E-state index in [9.17, 15) is 0 Å². The van der Waals surface area contributed by atoms with Gasteiger partial charge in [-0.25, -0.2) is 0 Å². The van der Waals surface area contributed by atoms with Crippen molar-refractivity contribution in [3.63, 3.8) is 0 Å². The van der Waals surface area contributed by atoms with E-state index in [-0.39, 0.29) is 0 Å². The first-order chi connectivity index (χ1) is 9.31. The molecular weight excluding hydrogens is 238 g/mol. The molecule has 0 bridgehead atoms. The Labute approximate surface area is 111 Å². The van der Waals surface area contributed by atoms with Gasteiger partial charge in [0.15, 0.2) is 0 Å². The number of aromatic amines is 1. The SMILES string of the molecule is COc1cc(OC)c2cc(-c3ccccc3)[nH]c2c1. The summed E-state index contributed by atoms with van der Waals surface area (Å²) in [6, 6.07) is 16.2. The van der Waals surface area contributed by atoms with Crippen LogP contribution in [0.2, 0.25) is 0 Å². The molecule has 19 heavy (non-hydrogen) atoms. The summed E-state index contributed by atoms with van der Waals surface area (Å²) in [5.74, 6) is 1.60. The van der Waals surface area contributed by atoms with Crippen molar-refractivity contribution < 1.29 is 9.47 Å². The minimum atomic E-state index is 0.783. The molecule has 0 fully saturated rings. The minimum absolute atomic E-state index is 0.783. The Hall–Kier alpha value is -2.42. The number of nitrogens with one attached hydrogen (secondary N) is 1. The fourth-order valence-corrected chi connectivity index (χ4v) is 2.24. The molecule has 0 unspecified atom stereocenters. The Kier molecular flexibility index (Phi) is 2.88. The van der Waals surface area contributed by atoms with Crippen molar-refractivity contribution in [2.24, 2.45) is 0 Å². The Morgan fingerprint density at radius 2 is 1.68 bits per heavy atom. The van der Waals surface area contributed by atoms with Gasteiger partial charge in [-0.3, -0.25) is 0 Å². The van der Waals surface area contributed by atoms with Crippen LogP contribution in [0.3, 0.4) is 0 Å². The molecule has 1 heterocycles. The van der Waals surface area contributed by atoms with Crippen LogP contribution < -0.4 is 9.47 Å². The summed E-state index contributed by atoms with van der Waals surface area (Å²) < 4.78 is 10.7. The highest BCUT2D eigenvalue weighted by molar-refractivity contribution is 5.92. The van der Waals surface area contributed by atoms with E-state index in [4.69, 9.17) is 9.47 Å². The van der Waals surface area contributed by atoms with Crippen LogP contribution in [0, 0.1) is 0 Å². The summed E-state index contributed by atoms with van der Waals surface area (Å²) in [6.45, 7) is 0. The van der Waals surface area contributed by atoms with Gasteiger partial charge in [0.25, 0.3) is 0 Å². The average Bonchev–Trinajstić information content (AvgIpc) is 2.91. The van der Waals surface area contributed by atoms with Crippen molar-refractivity contribution in [3.8, 4) is 22.8 Å². The van der Waals surface area contributed by atoms with E-state index in [2.05, 4.69) is 23.2 Å². The summed E-state index contributed by atoms with van der Waals surface area (Å²) in [4.78, 5) is 3.40. The monoisotopic (exact) mass is 253 g/mol. The molecule has 0 aliphatic heterocycles. The largest absolute Gasteiger partial charge is 0.497 e. The predicted molar refractivity (Wildman–Crippen MR) is 76.8 cm³/mol. The second kappa shape index (κ2) is 4.69. The number of H-pyrrole nitrogens is 1. The maximum Gasteiger partial charge on any atom is 0.131 e. The molecule has 1 aromatic heterocycles. The molecular formula is C16H15NO2. The number of rotatable bonds is 3. The lowest BCUT2D eigenvalue weighted by Crippen LogP contribution is -1.87. The van der Waals surface area contributed by atoms with Crippen molar-refractivity contribution in [1.29, 1.82) is 0 Å². The smallest absolute Gasteiger partial charge is 0.131 e. The van der Waals surface area contributed by atoms with Crippen molar-refractivity contribution in [2.45, 2.75) is 0 Å². The van der Waals surface area contributed by atoms with Gasteiger partial charge in [0, 0.05) is 23.2 Å². The molecule has 3 aromatic rings. The molecule has 3 nitrogen and oxygen atoms in total. The lowest BCUT2D eigenvalue weighted by molar-refractivity contribution is 0.398. The number of ether oxygens (including phenoxy) is 2. The van der Waals surface area contributed by atoms with Gasteiger partial charge in [-0.15, -0.1) is 0 Å². The van der Waals surface area contributed by atoms with Crippen LogP contribution in [-0.2, 0) is 0 Å². The zero-order chi connectivity index (χ0) is 13.2. The standard InChI is InChI=1S/C16H15NO2/c1-18-12-8-15-13(16(9-12)19-2)10-14(17-15)11-6-4-3-5-7-11/h3-10,17H,1-2H3. The number of hydrogen-bond donors (Lipinski definition) is 1. The highest BCUT2D eigenvalue weighted by Crippen LogP contribution is 2.34. The fourth-order valence-electron chi connectivity index (χ4n) is 2.24. The maximum atomic E-state index is 5.42. The molecule has 2 aromatic carbocycles. The van der Waals surface area contributed by atoms with Crippen LogP contribution >= 0.6 is 0 Å². The van der Waals surface area contributed by atoms with Gasteiger partial charge < -0.3 is 14.5 Å². The average molecular weight is 253 g/mol. The first kappa shape index (κ1) is 11.7.